The van der Waals surface area contributed by atoms with Gasteiger partial charge in [-0.05, 0) is 36.6 Å². The second-order valence-corrected chi connectivity index (χ2v) is 8.40. The quantitative estimate of drug-likeness (QED) is 0.568. The van der Waals surface area contributed by atoms with Crippen LogP contribution in [0.25, 0.3) is 22.4 Å². The molecule has 1 fully saturated rings. The third-order valence-corrected chi connectivity index (χ3v) is 5.54. The van der Waals surface area contributed by atoms with Crippen molar-refractivity contribution in [3.8, 4) is 22.4 Å². The Morgan fingerprint density at radius 3 is 2.32 bits per heavy atom. The molecule has 8 nitrogen and oxygen atoms in total. The van der Waals surface area contributed by atoms with Crippen LogP contribution in [0.3, 0.4) is 0 Å². The number of aromatic nitrogens is 2. The summed E-state index contributed by atoms with van der Waals surface area (Å²) in [5.41, 5.74) is 6.75. The van der Waals surface area contributed by atoms with Crippen LogP contribution in [0.4, 0.5) is 10.2 Å². The molecule has 1 aliphatic rings. The molecule has 162 valence electrons. The monoisotopic (exact) mass is 443 g/mol. The first-order valence-electron chi connectivity index (χ1n) is 9.52. The summed E-state index contributed by atoms with van der Waals surface area (Å²) in [6.45, 7) is 0.888. The third-order valence-electron chi connectivity index (χ3n) is 4.57. The van der Waals surface area contributed by atoms with Crippen LogP contribution in [0.1, 0.15) is 19.3 Å². The third kappa shape index (κ3) is 5.83. The van der Waals surface area contributed by atoms with E-state index in [1.54, 1.807) is 24.3 Å². The van der Waals surface area contributed by atoms with Crippen molar-refractivity contribution in [3.63, 3.8) is 0 Å². The Kier molecular flexibility index (Phi) is 6.93. The average Bonchev–Trinajstić information content (AvgIpc) is 2.75. The summed E-state index contributed by atoms with van der Waals surface area (Å²) in [7, 11) is -3.92. The fraction of sp³-hybridized carbons (Fsp3) is 0.190. The van der Waals surface area contributed by atoms with Gasteiger partial charge >= 0.3 is 0 Å². The summed E-state index contributed by atoms with van der Waals surface area (Å²) in [4.78, 5) is 18.2. The largest absolute Gasteiger partial charge is 0.382 e. The molecule has 2 heterocycles. The fourth-order valence-electron chi connectivity index (χ4n) is 3.05. The normalized spacial score (nSPS) is 13.7. The van der Waals surface area contributed by atoms with Gasteiger partial charge in [-0.3, -0.25) is 9.78 Å². The van der Waals surface area contributed by atoms with Crippen molar-refractivity contribution in [1.82, 2.24) is 15.3 Å². The van der Waals surface area contributed by atoms with Crippen LogP contribution in [0, 0.1) is 5.82 Å². The first kappa shape index (κ1) is 22.3. The molecule has 0 radical (unpaired) electrons. The van der Waals surface area contributed by atoms with Crippen molar-refractivity contribution >= 4 is 21.7 Å². The molecule has 0 bridgehead atoms. The number of nitrogens with two attached hydrogens (primary N) is 2. The molecule has 10 heteroatoms. The zero-order chi connectivity index (χ0) is 22.4. The number of anilines is 1. The first-order chi connectivity index (χ1) is 14.8. The van der Waals surface area contributed by atoms with Crippen LogP contribution in [-0.4, -0.2) is 30.8 Å². The van der Waals surface area contributed by atoms with Gasteiger partial charge in [0.1, 0.15) is 11.6 Å². The standard InChI is InChI=1S/C16H13FN4O2S.C5H9NO/c17-13-7-10(11-3-1-2-4-15(11)24(19,22)23)5-6-12(13)14-8-21-16(18)9-20-14;7-5-3-1-2-4-6-5/h1-9H,(H2,18,21)(H2,19,22,23);1-4H2,(H,6,7). The second kappa shape index (κ2) is 9.63. The van der Waals surface area contributed by atoms with E-state index >= 15 is 0 Å². The Labute approximate surface area is 179 Å². The number of carbonyl (C=O) groups excluding carboxylic acids is 1. The highest BCUT2D eigenvalue weighted by Gasteiger charge is 2.16. The van der Waals surface area contributed by atoms with Gasteiger partial charge in [0, 0.05) is 24.1 Å². The number of carbonyl (C=O) groups is 1. The summed E-state index contributed by atoms with van der Waals surface area (Å²) in [6.07, 6.45) is 5.67. The maximum absolute atomic E-state index is 14.5. The van der Waals surface area contributed by atoms with Crippen LogP contribution < -0.4 is 16.2 Å². The predicted molar refractivity (Wildman–Crippen MR) is 116 cm³/mol. The van der Waals surface area contributed by atoms with Gasteiger partial charge in [0.15, 0.2) is 0 Å². The number of sulfonamides is 1. The van der Waals surface area contributed by atoms with Crippen LogP contribution in [0.15, 0.2) is 59.8 Å². The van der Waals surface area contributed by atoms with Crippen molar-refractivity contribution in [2.75, 3.05) is 12.3 Å². The lowest BCUT2D eigenvalue weighted by atomic mass is 10.0. The first-order valence-corrected chi connectivity index (χ1v) is 11.1. The molecule has 2 aromatic carbocycles. The highest BCUT2D eigenvalue weighted by atomic mass is 32.2. The Hall–Kier alpha value is -3.37. The molecule has 0 atom stereocenters. The summed E-state index contributed by atoms with van der Waals surface area (Å²) < 4.78 is 37.8. The molecule has 1 amide bonds. The highest BCUT2D eigenvalue weighted by Crippen LogP contribution is 2.30. The number of benzene rings is 2. The molecule has 1 aliphatic heterocycles. The van der Waals surface area contributed by atoms with Gasteiger partial charge in [0.25, 0.3) is 0 Å². The number of halogens is 1. The van der Waals surface area contributed by atoms with Gasteiger partial charge in [0.05, 0.1) is 23.0 Å². The Morgan fingerprint density at radius 2 is 1.77 bits per heavy atom. The van der Waals surface area contributed by atoms with Crippen LogP contribution >= 0.6 is 0 Å². The molecular formula is C21H22FN5O3S. The molecular weight excluding hydrogens is 421 g/mol. The van der Waals surface area contributed by atoms with Gasteiger partial charge in [0.2, 0.25) is 15.9 Å². The highest BCUT2D eigenvalue weighted by molar-refractivity contribution is 7.89. The Morgan fingerprint density at radius 1 is 1.00 bits per heavy atom. The van der Waals surface area contributed by atoms with Crippen molar-refractivity contribution < 1.29 is 17.6 Å². The van der Waals surface area contributed by atoms with E-state index in [0.717, 1.165) is 25.8 Å². The molecule has 1 saturated heterocycles. The summed E-state index contributed by atoms with van der Waals surface area (Å²) in [6, 6.07) is 10.5. The molecule has 4 rings (SSSR count). The van der Waals surface area contributed by atoms with E-state index in [1.807, 2.05) is 0 Å². The number of hydrogen-bond donors (Lipinski definition) is 3. The number of nitrogens with one attached hydrogen (secondary N) is 1. The summed E-state index contributed by atoms with van der Waals surface area (Å²) >= 11 is 0. The van der Waals surface area contributed by atoms with E-state index in [0.29, 0.717) is 16.8 Å². The van der Waals surface area contributed by atoms with Gasteiger partial charge in [-0.1, -0.05) is 24.3 Å². The van der Waals surface area contributed by atoms with E-state index in [-0.39, 0.29) is 22.2 Å². The summed E-state index contributed by atoms with van der Waals surface area (Å²) in [5.74, 6) is -0.111. The van der Waals surface area contributed by atoms with Gasteiger partial charge in [-0.15, -0.1) is 0 Å². The zero-order valence-corrected chi connectivity index (χ0v) is 17.4. The molecule has 31 heavy (non-hydrogen) atoms. The molecule has 0 spiro atoms. The second-order valence-electron chi connectivity index (χ2n) is 6.87. The van der Waals surface area contributed by atoms with Gasteiger partial charge < -0.3 is 11.1 Å². The molecule has 0 saturated carbocycles. The van der Waals surface area contributed by atoms with Gasteiger partial charge in [-0.25, -0.2) is 22.9 Å². The maximum Gasteiger partial charge on any atom is 0.238 e. The smallest absolute Gasteiger partial charge is 0.238 e. The zero-order valence-electron chi connectivity index (χ0n) is 16.6. The topological polar surface area (TPSA) is 141 Å². The van der Waals surface area contributed by atoms with Crippen molar-refractivity contribution in [3.05, 3.63) is 60.7 Å². The van der Waals surface area contributed by atoms with Crippen molar-refractivity contribution in [2.45, 2.75) is 24.2 Å². The molecule has 3 aromatic rings. The number of primary sulfonamides is 1. The minimum Gasteiger partial charge on any atom is -0.382 e. The lowest BCUT2D eigenvalue weighted by Crippen LogP contribution is -2.28. The minimum atomic E-state index is -3.92. The fourth-order valence-corrected chi connectivity index (χ4v) is 3.81. The van der Waals surface area contributed by atoms with E-state index in [1.165, 1.54) is 30.6 Å². The van der Waals surface area contributed by atoms with Crippen LogP contribution in [-0.2, 0) is 14.8 Å². The minimum absolute atomic E-state index is 0.0653. The summed E-state index contributed by atoms with van der Waals surface area (Å²) in [5, 5.41) is 7.96. The van der Waals surface area contributed by atoms with E-state index in [2.05, 4.69) is 15.3 Å². The number of piperidine rings is 1. The maximum atomic E-state index is 14.5. The molecule has 5 N–H and O–H groups in total. The van der Waals surface area contributed by atoms with Crippen molar-refractivity contribution in [1.29, 1.82) is 0 Å². The Balaban J connectivity index is 0.000000330. The Bertz CT molecular complexity index is 1180. The number of hydrogen-bond acceptors (Lipinski definition) is 6. The van der Waals surface area contributed by atoms with Crippen LogP contribution in [0.2, 0.25) is 0 Å². The molecule has 1 aromatic heterocycles. The van der Waals surface area contributed by atoms with Gasteiger partial charge in [-0.2, -0.15) is 0 Å². The van der Waals surface area contributed by atoms with Crippen LogP contribution in [0.5, 0.6) is 0 Å². The predicted octanol–water partition coefficient (Wildman–Crippen LogP) is 2.47. The van der Waals surface area contributed by atoms with E-state index in [4.69, 9.17) is 10.9 Å². The molecule has 0 unspecified atom stereocenters. The lowest BCUT2D eigenvalue weighted by Gasteiger charge is -2.09. The van der Waals surface area contributed by atoms with E-state index < -0.39 is 15.8 Å². The SMILES string of the molecule is Nc1cnc(-c2ccc(-c3ccccc3S(N)(=O)=O)cc2F)cn1.O=C1CCCCN1. The average molecular weight is 444 g/mol. The lowest BCUT2D eigenvalue weighted by molar-refractivity contribution is -0.122. The number of amides is 1. The van der Waals surface area contributed by atoms with Crippen molar-refractivity contribution in [2.24, 2.45) is 5.14 Å². The van der Waals surface area contributed by atoms with E-state index in [9.17, 15) is 17.6 Å². The number of nitrogens with zero attached hydrogens (tertiary/aromatic N) is 2. The molecule has 0 aliphatic carbocycles. The number of rotatable bonds is 3. The number of nitrogen functional groups attached to an aromatic ring is 1.